The van der Waals surface area contributed by atoms with Gasteiger partial charge in [0.15, 0.2) is 11.2 Å². The Kier molecular flexibility index (Phi) is 5.87. The monoisotopic (exact) mass is 430 g/mol. The second kappa shape index (κ2) is 8.61. The molecule has 32 heavy (non-hydrogen) atoms. The molecule has 166 valence electrons. The Morgan fingerprint density at radius 1 is 0.844 bits per heavy atom. The number of hydrogen-bond acceptors (Lipinski definition) is 3. The summed E-state index contributed by atoms with van der Waals surface area (Å²) in [5.74, 6) is 0.541. The molecule has 1 atom stereocenters. The molecule has 6 heteroatoms. The predicted molar refractivity (Wildman–Crippen MR) is 129 cm³/mol. The maximum absolute atomic E-state index is 13.5. The molecule has 2 heterocycles. The third-order valence-corrected chi connectivity index (χ3v) is 5.92. The van der Waals surface area contributed by atoms with E-state index in [4.69, 9.17) is 0 Å². The summed E-state index contributed by atoms with van der Waals surface area (Å²) in [5, 5.41) is 0. The first-order valence-electron chi connectivity index (χ1n) is 11.2. The van der Waals surface area contributed by atoms with Crippen LogP contribution in [0.4, 0.5) is 0 Å². The highest BCUT2D eigenvalue weighted by Gasteiger charge is 2.22. The maximum Gasteiger partial charge on any atom is 0.337 e. The van der Waals surface area contributed by atoms with Crippen molar-refractivity contribution in [1.82, 2.24) is 18.7 Å². The number of aromatic nitrogens is 4. The summed E-state index contributed by atoms with van der Waals surface area (Å²) in [6, 6.07) is 17.8. The van der Waals surface area contributed by atoms with Gasteiger partial charge in [0.1, 0.15) is 0 Å². The highest BCUT2D eigenvalue weighted by Crippen LogP contribution is 2.23. The van der Waals surface area contributed by atoms with Crippen molar-refractivity contribution in [2.75, 3.05) is 0 Å². The van der Waals surface area contributed by atoms with E-state index in [1.807, 2.05) is 79.9 Å². The topological polar surface area (TPSA) is 61.8 Å². The van der Waals surface area contributed by atoms with E-state index in [0.29, 0.717) is 29.3 Å². The molecule has 0 N–H and O–H groups in total. The molecule has 0 bridgehead atoms. The second-order valence-electron chi connectivity index (χ2n) is 9.08. The highest BCUT2D eigenvalue weighted by atomic mass is 16.2. The van der Waals surface area contributed by atoms with Gasteiger partial charge in [0.2, 0.25) is 0 Å². The molecule has 0 spiro atoms. The first-order valence-corrected chi connectivity index (χ1v) is 11.2. The van der Waals surface area contributed by atoms with Gasteiger partial charge in [-0.05, 0) is 42.0 Å². The molecule has 0 saturated carbocycles. The third kappa shape index (κ3) is 3.81. The van der Waals surface area contributed by atoms with Crippen molar-refractivity contribution < 1.29 is 0 Å². The van der Waals surface area contributed by atoms with E-state index in [2.05, 4.69) is 18.8 Å². The highest BCUT2D eigenvalue weighted by molar-refractivity contribution is 5.73. The van der Waals surface area contributed by atoms with Gasteiger partial charge in [0.05, 0.1) is 18.1 Å². The fourth-order valence-corrected chi connectivity index (χ4v) is 4.10. The number of rotatable bonds is 6. The number of fused-ring (bicyclic) bond motifs is 1. The first kappa shape index (κ1) is 21.8. The van der Waals surface area contributed by atoms with E-state index in [9.17, 15) is 9.59 Å². The van der Waals surface area contributed by atoms with Gasteiger partial charge in [-0.1, -0.05) is 70.2 Å². The van der Waals surface area contributed by atoms with Crippen LogP contribution in [0, 0.1) is 5.92 Å². The van der Waals surface area contributed by atoms with Gasteiger partial charge >= 0.3 is 5.69 Å². The Morgan fingerprint density at radius 3 is 2.09 bits per heavy atom. The minimum Gasteiger partial charge on any atom is -0.317 e. The van der Waals surface area contributed by atoms with E-state index >= 15 is 0 Å². The van der Waals surface area contributed by atoms with Crippen LogP contribution >= 0.6 is 0 Å². The zero-order valence-electron chi connectivity index (χ0n) is 19.3. The summed E-state index contributed by atoms with van der Waals surface area (Å²) in [6.07, 6.45) is 1.67. The van der Waals surface area contributed by atoms with Crippen LogP contribution in [0.1, 0.15) is 57.7 Å². The van der Waals surface area contributed by atoms with Gasteiger partial charge in [-0.2, -0.15) is 0 Å². The lowest BCUT2D eigenvalue weighted by atomic mass is 10.0. The van der Waals surface area contributed by atoms with E-state index < -0.39 is 0 Å². The molecule has 2 aromatic heterocycles. The van der Waals surface area contributed by atoms with E-state index in [0.717, 1.165) is 5.56 Å². The van der Waals surface area contributed by atoms with Crippen molar-refractivity contribution in [3.63, 3.8) is 0 Å². The summed E-state index contributed by atoms with van der Waals surface area (Å²) in [6.45, 7) is 10.7. The quantitative estimate of drug-likeness (QED) is 0.444. The molecule has 4 rings (SSSR count). The van der Waals surface area contributed by atoms with E-state index in [-0.39, 0.29) is 23.2 Å². The Labute approximate surface area is 187 Å². The fraction of sp³-hybridized carbons (Fsp3) is 0.346. The van der Waals surface area contributed by atoms with Crippen molar-refractivity contribution >= 4 is 11.2 Å². The lowest BCUT2D eigenvalue weighted by Crippen LogP contribution is -2.41. The molecule has 0 amide bonds. The largest absolute Gasteiger partial charge is 0.337 e. The molecule has 2 aromatic carbocycles. The van der Waals surface area contributed by atoms with Gasteiger partial charge in [-0.3, -0.25) is 9.36 Å². The van der Waals surface area contributed by atoms with Crippen molar-refractivity contribution in [1.29, 1.82) is 0 Å². The van der Waals surface area contributed by atoms with Crippen LogP contribution in [-0.4, -0.2) is 18.7 Å². The Balaban J connectivity index is 2.00. The second-order valence-corrected chi connectivity index (χ2v) is 9.08. The molecule has 0 aliphatic heterocycles. The van der Waals surface area contributed by atoms with Crippen LogP contribution in [0.25, 0.3) is 16.9 Å². The Morgan fingerprint density at radius 2 is 1.50 bits per heavy atom. The number of benzene rings is 2. The minimum atomic E-state index is -0.355. The van der Waals surface area contributed by atoms with Crippen LogP contribution in [-0.2, 0) is 6.54 Å². The summed E-state index contributed by atoms with van der Waals surface area (Å²) < 4.78 is 4.79. The summed E-state index contributed by atoms with van der Waals surface area (Å²) in [4.78, 5) is 31.6. The molecular weight excluding hydrogens is 400 g/mol. The van der Waals surface area contributed by atoms with Crippen LogP contribution < -0.4 is 11.2 Å². The van der Waals surface area contributed by atoms with Crippen LogP contribution in [0.2, 0.25) is 0 Å². The molecule has 0 aliphatic carbocycles. The van der Waals surface area contributed by atoms with Crippen LogP contribution in [0.5, 0.6) is 0 Å². The standard InChI is InChI=1S/C26H30N4O2/c1-17(2)15-28-25(31)23-24(27-16-29(23)19(5)21-9-7-6-8-10-21)30(26(28)32)22-13-11-20(12-14-22)18(3)4/h6-14,16-19H,15H2,1-5H3/t19-/m0/s1. The molecule has 0 saturated heterocycles. The molecule has 0 fully saturated rings. The van der Waals surface area contributed by atoms with Crippen molar-refractivity contribution in [3.05, 3.63) is 92.9 Å². The summed E-state index contributed by atoms with van der Waals surface area (Å²) >= 11 is 0. The van der Waals surface area contributed by atoms with Gasteiger partial charge < -0.3 is 4.57 Å². The van der Waals surface area contributed by atoms with Crippen LogP contribution in [0.3, 0.4) is 0 Å². The summed E-state index contributed by atoms with van der Waals surface area (Å²) in [7, 11) is 0. The lowest BCUT2D eigenvalue weighted by molar-refractivity contribution is 0.488. The first-order chi connectivity index (χ1) is 15.3. The zero-order chi connectivity index (χ0) is 23.0. The Bertz CT molecular complexity index is 1340. The average Bonchev–Trinajstić information content (AvgIpc) is 3.22. The molecule has 0 radical (unpaired) electrons. The summed E-state index contributed by atoms with van der Waals surface area (Å²) in [5.41, 5.74) is 3.15. The van der Waals surface area contributed by atoms with Crippen molar-refractivity contribution in [2.45, 2.75) is 53.1 Å². The lowest BCUT2D eigenvalue weighted by Gasteiger charge is -2.17. The zero-order valence-corrected chi connectivity index (χ0v) is 19.3. The van der Waals surface area contributed by atoms with E-state index in [1.54, 1.807) is 10.9 Å². The van der Waals surface area contributed by atoms with Gasteiger partial charge in [0, 0.05) is 6.54 Å². The number of nitrogens with zero attached hydrogens (tertiary/aromatic N) is 4. The SMILES string of the molecule is CC(C)Cn1c(=O)c2c(ncn2[C@@H](C)c2ccccc2)n(-c2ccc(C(C)C)cc2)c1=O. The molecular formula is C26H30N4O2. The van der Waals surface area contributed by atoms with Gasteiger partial charge in [-0.25, -0.2) is 14.3 Å². The predicted octanol–water partition coefficient (Wildman–Crippen LogP) is 4.74. The number of imidazole rings is 1. The van der Waals surface area contributed by atoms with Crippen LogP contribution in [0.15, 0.2) is 70.5 Å². The minimum absolute atomic E-state index is 0.101. The third-order valence-electron chi connectivity index (χ3n) is 5.92. The molecule has 0 unspecified atom stereocenters. The van der Waals surface area contributed by atoms with E-state index in [1.165, 1.54) is 10.1 Å². The van der Waals surface area contributed by atoms with Gasteiger partial charge in [0.25, 0.3) is 5.56 Å². The van der Waals surface area contributed by atoms with Crippen molar-refractivity contribution in [2.24, 2.45) is 5.92 Å². The molecule has 4 aromatic rings. The molecule has 0 aliphatic rings. The normalized spacial score (nSPS) is 12.7. The fourth-order valence-electron chi connectivity index (χ4n) is 4.10. The molecule has 6 nitrogen and oxygen atoms in total. The van der Waals surface area contributed by atoms with Gasteiger partial charge in [-0.15, -0.1) is 0 Å². The maximum atomic E-state index is 13.5. The number of hydrogen-bond donors (Lipinski definition) is 0. The average molecular weight is 431 g/mol. The van der Waals surface area contributed by atoms with Crippen molar-refractivity contribution in [3.8, 4) is 5.69 Å². The Hall–Kier alpha value is -3.41. The smallest absolute Gasteiger partial charge is 0.317 e.